The lowest BCUT2D eigenvalue weighted by molar-refractivity contribution is -0.153. The lowest BCUT2D eigenvalue weighted by Gasteiger charge is -2.35. The van der Waals surface area contributed by atoms with E-state index in [9.17, 15) is 9.59 Å². The van der Waals surface area contributed by atoms with Crippen molar-refractivity contribution in [2.24, 2.45) is 0 Å². The molecule has 0 unspecified atom stereocenters. The maximum absolute atomic E-state index is 12.5. The maximum atomic E-state index is 12.5. The van der Waals surface area contributed by atoms with Crippen LogP contribution in [0.15, 0.2) is 0 Å². The molecule has 1 N–H and O–H groups in total. The fourth-order valence-corrected chi connectivity index (χ4v) is 3.15. The Morgan fingerprint density at radius 3 is 2.52 bits per heavy atom. The van der Waals surface area contributed by atoms with Crippen molar-refractivity contribution in [1.82, 2.24) is 5.32 Å². The molecule has 1 saturated carbocycles. The zero-order valence-corrected chi connectivity index (χ0v) is 14.1. The van der Waals surface area contributed by atoms with Gasteiger partial charge >= 0.3 is 12.1 Å². The van der Waals surface area contributed by atoms with Gasteiger partial charge in [0.05, 0.1) is 19.8 Å². The lowest BCUT2D eigenvalue weighted by Crippen LogP contribution is -2.57. The molecule has 2 aliphatic rings. The van der Waals surface area contributed by atoms with Crippen molar-refractivity contribution in [3.63, 3.8) is 0 Å². The summed E-state index contributed by atoms with van der Waals surface area (Å²) in [7, 11) is 0. The Morgan fingerprint density at radius 2 is 1.87 bits per heavy atom. The van der Waals surface area contributed by atoms with Crippen molar-refractivity contribution in [3.05, 3.63) is 0 Å². The number of carbonyl (C=O) groups excluding carboxylic acids is 2. The van der Waals surface area contributed by atoms with Gasteiger partial charge in [0.25, 0.3) is 0 Å². The van der Waals surface area contributed by atoms with Gasteiger partial charge in [0, 0.05) is 12.8 Å². The van der Waals surface area contributed by atoms with Gasteiger partial charge in [-0.15, -0.1) is 0 Å². The first-order valence-electron chi connectivity index (χ1n) is 8.90. The number of ether oxygens (including phenoxy) is 3. The van der Waals surface area contributed by atoms with Crippen LogP contribution in [0.25, 0.3) is 0 Å². The fraction of sp³-hybridized carbons (Fsp3) is 0.882. The van der Waals surface area contributed by atoms with Crippen LogP contribution >= 0.6 is 0 Å². The summed E-state index contributed by atoms with van der Waals surface area (Å²) in [5, 5.41) is 2.83. The molecule has 0 bridgehead atoms. The van der Waals surface area contributed by atoms with Crippen LogP contribution in [0, 0.1) is 0 Å². The van der Waals surface area contributed by atoms with E-state index in [0.717, 1.165) is 32.1 Å². The van der Waals surface area contributed by atoms with Crippen LogP contribution in [0.3, 0.4) is 0 Å². The van der Waals surface area contributed by atoms with E-state index < -0.39 is 11.6 Å². The van der Waals surface area contributed by atoms with Gasteiger partial charge < -0.3 is 19.5 Å². The molecule has 23 heavy (non-hydrogen) atoms. The highest BCUT2D eigenvalue weighted by atomic mass is 16.6. The summed E-state index contributed by atoms with van der Waals surface area (Å²) in [6, 6.07) is 0. The second-order valence-corrected chi connectivity index (χ2v) is 6.47. The number of unbranched alkanes of at least 4 members (excludes halogenated alkanes) is 1. The van der Waals surface area contributed by atoms with E-state index in [4.69, 9.17) is 14.2 Å². The average molecular weight is 327 g/mol. The third kappa shape index (κ3) is 5.37. The number of hydrogen-bond acceptors (Lipinski definition) is 5. The third-order valence-corrected chi connectivity index (χ3v) is 4.61. The molecule has 1 saturated heterocycles. The van der Waals surface area contributed by atoms with Gasteiger partial charge in [-0.2, -0.15) is 0 Å². The van der Waals surface area contributed by atoms with Crippen LogP contribution in [-0.4, -0.2) is 43.5 Å². The smallest absolute Gasteiger partial charge is 0.408 e. The zero-order chi connectivity index (χ0) is 16.5. The van der Waals surface area contributed by atoms with Gasteiger partial charge in [0.15, 0.2) is 0 Å². The molecule has 1 heterocycles. The highest BCUT2D eigenvalue weighted by Gasteiger charge is 2.43. The van der Waals surface area contributed by atoms with Crippen LogP contribution < -0.4 is 5.32 Å². The molecule has 6 heteroatoms. The molecule has 0 aromatic carbocycles. The van der Waals surface area contributed by atoms with E-state index in [1.165, 1.54) is 0 Å². The maximum Gasteiger partial charge on any atom is 0.408 e. The number of rotatable bonds is 6. The summed E-state index contributed by atoms with van der Waals surface area (Å²) >= 11 is 0. The number of amides is 1. The van der Waals surface area contributed by atoms with Gasteiger partial charge in [-0.3, -0.25) is 0 Å². The summed E-state index contributed by atoms with van der Waals surface area (Å²) < 4.78 is 16.1. The molecular weight excluding hydrogens is 298 g/mol. The van der Waals surface area contributed by atoms with Crippen LogP contribution in [0.5, 0.6) is 0 Å². The third-order valence-electron chi connectivity index (χ3n) is 4.61. The van der Waals surface area contributed by atoms with Crippen LogP contribution in [0.1, 0.15) is 64.7 Å². The number of esters is 1. The van der Waals surface area contributed by atoms with Gasteiger partial charge in [0.2, 0.25) is 0 Å². The number of hydrogen-bond donors (Lipinski definition) is 1. The van der Waals surface area contributed by atoms with Crippen molar-refractivity contribution in [2.75, 3.05) is 19.8 Å². The molecule has 132 valence electrons. The minimum absolute atomic E-state index is 0.125. The summed E-state index contributed by atoms with van der Waals surface area (Å²) in [4.78, 5) is 24.7. The van der Waals surface area contributed by atoms with Gasteiger partial charge in [-0.05, 0) is 19.3 Å². The normalized spacial score (nSPS) is 21.4. The molecule has 1 aliphatic carbocycles. The standard InChI is InChI=1S/C17H29NO5/c1-2-3-11-22-15(19)17(9-5-4-6-10-17)18-16(20)23-14-7-12-21-13-8-14/h14H,2-13H2,1H3,(H,18,20). The van der Waals surface area contributed by atoms with Crippen LogP contribution in [-0.2, 0) is 19.0 Å². The summed E-state index contributed by atoms with van der Waals surface area (Å²) in [6.45, 7) is 3.69. The van der Waals surface area contributed by atoms with Gasteiger partial charge in [0.1, 0.15) is 11.6 Å². The first-order valence-corrected chi connectivity index (χ1v) is 8.90. The molecule has 0 radical (unpaired) electrons. The van der Waals surface area contributed by atoms with Crippen LogP contribution in [0.2, 0.25) is 0 Å². The van der Waals surface area contributed by atoms with Crippen molar-refractivity contribution in [2.45, 2.75) is 76.4 Å². The second kappa shape index (κ2) is 9.11. The molecule has 1 amide bonds. The van der Waals surface area contributed by atoms with Crippen molar-refractivity contribution in [3.8, 4) is 0 Å². The predicted octanol–water partition coefficient (Wildman–Crippen LogP) is 2.94. The number of alkyl carbamates (subject to hydrolysis) is 1. The molecular formula is C17H29NO5. The molecule has 0 aromatic rings. The van der Waals surface area contributed by atoms with E-state index in [2.05, 4.69) is 5.32 Å². The van der Waals surface area contributed by atoms with Crippen molar-refractivity contribution < 1.29 is 23.8 Å². The van der Waals surface area contributed by atoms with E-state index >= 15 is 0 Å². The van der Waals surface area contributed by atoms with Crippen molar-refractivity contribution >= 4 is 12.1 Å². The van der Waals surface area contributed by atoms with Gasteiger partial charge in [-0.25, -0.2) is 9.59 Å². The minimum Gasteiger partial charge on any atom is -0.464 e. The first-order chi connectivity index (χ1) is 11.2. The Labute approximate surface area is 138 Å². The minimum atomic E-state index is -0.908. The highest BCUT2D eigenvalue weighted by molar-refractivity contribution is 5.86. The number of carbonyl (C=O) groups is 2. The van der Waals surface area contributed by atoms with E-state index in [-0.39, 0.29) is 12.1 Å². The SMILES string of the molecule is CCCCOC(=O)C1(NC(=O)OC2CCOCC2)CCCCC1. The van der Waals surface area contributed by atoms with Gasteiger partial charge in [-0.1, -0.05) is 32.6 Å². The molecule has 2 fully saturated rings. The Balaban J connectivity index is 1.91. The van der Waals surface area contributed by atoms with E-state index in [1.807, 2.05) is 6.92 Å². The summed E-state index contributed by atoms with van der Waals surface area (Å²) in [5.41, 5.74) is -0.908. The van der Waals surface area contributed by atoms with Crippen LogP contribution in [0.4, 0.5) is 4.79 Å². The Bertz CT molecular complexity index is 386. The molecule has 2 rings (SSSR count). The summed E-state index contributed by atoms with van der Waals surface area (Å²) in [5.74, 6) is -0.311. The molecule has 0 aromatic heterocycles. The van der Waals surface area contributed by atoms with E-state index in [1.54, 1.807) is 0 Å². The Morgan fingerprint density at radius 1 is 1.17 bits per heavy atom. The molecule has 1 aliphatic heterocycles. The Kier molecular flexibility index (Phi) is 7.15. The highest BCUT2D eigenvalue weighted by Crippen LogP contribution is 2.30. The first kappa shape index (κ1) is 18.0. The lowest BCUT2D eigenvalue weighted by atomic mass is 9.82. The molecule has 0 spiro atoms. The monoisotopic (exact) mass is 327 g/mol. The number of nitrogens with one attached hydrogen (secondary N) is 1. The van der Waals surface area contributed by atoms with Crippen molar-refractivity contribution in [1.29, 1.82) is 0 Å². The quantitative estimate of drug-likeness (QED) is 0.600. The fourth-order valence-electron chi connectivity index (χ4n) is 3.15. The zero-order valence-electron chi connectivity index (χ0n) is 14.1. The summed E-state index contributed by atoms with van der Waals surface area (Å²) in [6.07, 6.45) is 6.77. The topological polar surface area (TPSA) is 73.9 Å². The Hall–Kier alpha value is -1.30. The second-order valence-electron chi connectivity index (χ2n) is 6.47. The predicted molar refractivity (Wildman–Crippen MR) is 85.1 cm³/mol. The molecule has 0 atom stereocenters. The van der Waals surface area contributed by atoms with E-state index in [0.29, 0.717) is 45.5 Å². The average Bonchev–Trinajstić information content (AvgIpc) is 2.56. The largest absolute Gasteiger partial charge is 0.464 e. The molecule has 6 nitrogen and oxygen atoms in total.